The van der Waals surface area contributed by atoms with Gasteiger partial charge in [0.25, 0.3) is 0 Å². The number of piperazine rings is 1. The Kier molecular flexibility index (Phi) is 5.47. The SMILES string of the molecule is C=C[C@@H](c1ccc(OC)c(OC)c1OC)N1CCNCC1. The highest BCUT2D eigenvalue weighted by Crippen LogP contribution is 2.43. The van der Waals surface area contributed by atoms with Crippen LogP contribution in [-0.2, 0) is 0 Å². The molecule has 0 spiro atoms. The van der Waals surface area contributed by atoms with Gasteiger partial charge in [-0.1, -0.05) is 6.08 Å². The molecule has 1 atom stereocenters. The monoisotopic (exact) mass is 292 g/mol. The van der Waals surface area contributed by atoms with Crippen LogP contribution in [0.4, 0.5) is 0 Å². The molecule has 0 amide bonds. The Bertz CT molecular complexity index is 485. The Balaban J connectivity index is 2.42. The Morgan fingerprint density at radius 2 is 1.76 bits per heavy atom. The fraction of sp³-hybridized carbons (Fsp3) is 0.500. The van der Waals surface area contributed by atoms with E-state index in [-0.39, 0.29) is 6.04 Å². The summed E-state index contributed by atoms with van der Waals surface area (Å²) in [5.74, 6) is 2.00. The highest BCUT2D eigenvalue weighted by Gasteiger charge is 2.25. The lowest BCUT2D eigenvalue weighted by Crippen LogP contribution is -2.44. The zero-order valence-electron chi connectivity index (χ0n) is 13.0. The third-order valence-corrected chi connectivity index (χ3v) is 3.82. The molecular formula is C16H24N2O3. The molecule has 5 nitrogen and oxygen atoms in total. The summed E-state index contributed by atoms with van der Waals surface area (Å²) in [5, 5.41) is 3.36. The molecule has 2 rings (SSSR count). The zero-order chi connectivity index (χ0) is 15.2. The van der Waals surface area contributed by atoms with Crippen LogP contribution in [0.15, 0.2) is 24.8 Å². The van der Waals surface area contributed by atoms with Gasteiger partial charge in [0.05, 0.1) is 27.4 Å². The summed E-state index contributed by atoms with van der Waals surface area (Å²) in [7, 11) is 4.90. The quantitative estimate of drug-likeness (QED) is 0.811. The number of benzene rings is 1. The summed E-state index contributed by atoms with van der Waals surface area (Å²) in [5.41, 5.74) is 1.05. The molecule has 1 aromatic carbocycles. The molecule has 1 aliphatic heterocycles. The van der Waals surface area contributed by atoms with Crippen molar-refractivity contribution in [1.29, 1.82) is 0 Å². The fourth-order valence-corrected chi connectivity index (χ4v) is 2.79. The highest BCUT2D eigenvalue weighted by molar-refractivity contribution is 5.57. The van der Waals surface area contributed by atoms with E-state index in [1.807, 2.05) is 18.2 Å². The predicted octanol–water partition coefficient (Wildman–Crippen LogP) is 1.84. The summed E-state index contributed by atoms with van der Waals surface area (Å²) in [4.78, 5) is 2.38. The second-order valence-electron chi connectivity index (χ2n) is 4.89. The van der Waals surface area contributed by atoms with Crippen molar-refractivity contribution in [2.75, 3.05) is 47.5 Å². The number of nitrogens with zero attached hydrogens (tertiary/aromatic N) is 1. The molecule has 0 saturated carbocycles. The average Bonchev–Trinajstić information content (AvgIpc) is 2.55. The summed E-state index contributed by atoms with van der Waals surface area (Å²) in [6.45, 7) is 7.93. The smallest absolute Gasteiger partial charge is 0.203 e. The Morgan fingerprint density at radius 3 is 2.29 bits per heavy atom. The lowest BCUT2D eigenvalue weighted by molar-refractivity contribution is 0.199. The molecule has 0 bridgehead atoms. The van der Waals surface area contributed by atoms with E-state index in [4.69, 9.17) is 14.2 Å². The normalized spacial score (nSPS) is 17.1. The molecule has 0 aliphatic carbocycles. The minimum atomic E-state index is 0.0989. The summed E-state index contributed by atoms with van der Waals surface area (Å²) in [6.07, 6.45) is 1.95. The molecular weight excluding hydrogens is 268 g/mol. The second kappa shape index (κ2) is 7.33. The van der Waals surface area contributed by atoms with E-state index in [0.29, 0.717) is 17.2 Å². The van der Waals surface area contributed by atoms with E-state index in [9.17, 15) is 0 Å². The number of ether oxygens (including phenoxy) is 3. The average molecular weight is 292 g/mol. The van der Waals surface area contributed by atoms with Gasteiger partial charge in [-0.2, -0.15) is 0 Å². The van der Waals surface area contributed by atoms with Crippen LogP contribution in [-0.4, -0.2) is 52.4 Å². The molecule has 1 fully saturated rings. The summed E-state index contributed by atoms with van der Waals surface area (Å²) in [6, 6.07) is 4.03. The number of rotatable bonds is 6. The van der Waals surface area contributed by atoms with Gasteiger partial charge < -0.3 is 19.5 Å². The van der Waals surface area contributed by atoms with Crippen LogP contribution >= 0.6 is 0 Å². The van der Waals surface area contributed by atoms with Gasteiger partial charge >= 0.3 is 0 Å². The standard InChI is InChI=1S/C16H24N2O3/c1-5-13(18-10-8-17-9-11-18)12-6-7-14(19-2)16(21-4)15(12)20-3/h5-7,13,17H,1,8-11H2,2-4H3/t13-/m0/s1. The minimum Gasteiger partial charge on any atom is -0.493 e. The van der Waals surface area contributed by atoms with Crippen molar-refractivity contribution in [2.24, 2.45) is 0 Å². The van der Waals surface area contributed by atoms with Crippen molar-refractivity contribution in [3.63, 3.8) is 0 Å². The third-order valence-electron chi connectivity index (χ3n) is 3.82. The van der Waals surface area contributed by atoms with Crippen LogP contribution < -0.4 is 19.5 Å². The van der Waals surface area contributed by atoms with Gasteiger partial charge in [-0.15, -0.1) is 6.58 Å². The summed E-state index contributed by atoms with van der Waals surface area (Å²) >= 11 is 0. The molecule has 1 aromatic rings. The molecule has 1 aliphatic rings. The Labute approximate surface area is 126 Å². The van der Waals surface area contributed by atoms with E-state index in [1.54, 1.807) is 21.3 Å². The molecule has 116 valence electrons. The Hall–Kier alpha value is -1.72. The lowest BCUT2D eigenvalue weighted by atomic mass is 10.0. The van der Waals surface area contributed by atoms with Gasteiger partial charge in [0.2, 0.25) is 5.75 Å². The van der Waals surface area contributed by atoms with Crippen LogP contribution in [0.3, 0.4) is 0 Å². The molecule has 1 N–H and O–H groups in total. The van der Waals surface area contributed by atoms with Gasteiger partial charge in [0, 0.05) is 31.7 Å². The first kappa shape index (κ1) is 15.7. The van der Waals surface area contributed by atoms with E-state index in [2.05, 4.69) is 16.8 Å². The maximum atomic E-state index is 5.59. The maximum Gasteiger partial charge on any atom is 0.203 e. The zero-order valence-corrected chi connectivity index (χ0v) is 13.0. The van der Waals surface area contributed by atoms with E-state index in [1.165, 1.54) is 0 Å². The van der Waals surface area contributed by atoms with Crippen LogP contribution in [0.5, 0.6) is 17.2 Å². The highest BCUT2D eigenvalue weighted by atomic mass is 16.5. The first-order valence-electron chi connectivity index (χ1n) is 7.13. The van der Waals surface area contributed by atoms with Gasteiger partial charge in [-0.05, 0) is 12.1 Å². The van der Waals surface area contributed by atoms with Crippen molar-refractivity contribution in [3.05, 3.63) is 30.4 Å². The van der Waals surface area contributed by atoms with Crippen molar-refractivity contribution < 1.29 is 14.2 Å². The van der Waals surface area contributed by atoms with Crippen molar-refractivity contribution in [1.82, 2.24) is 10.2 Å². The first-order valence-corrected chi connectivity index (χ1v) is 7.13. The van der Waals surface area contributed by atoms with Crippen LogP contribution in [0.2, 0.25) is 0 Å². The van der Waals surface area contributed by atoms with Gasteiger partial charge in [-0.25, -0.2) is 0 Å². The van der Waals surface area contributed by atoms with Gasteiger partial charge in [-0.3, -0.25) is 4.90 Å². The lowest BCUT2D eigenvalue weighted by Gasteiger charge is -2.34. The number of methoxy groups -OCH3 is 3. The number of nitrogens with one attached hydrogen (secondary N) is 1. The number of hydrogen-bond acceptors (Lipinski definition) is 5. The molecule has 0 unspecified atom stereocenters. The van der Waals surface area contributed by atoms with E-state index >= 15 is 0 Å². The van der Waals surface area contributed by atoms with Gasteiger partial charge in [0.1, 0.15) is 0 Å². The van der Waals surface area contributed by atoms with E-state index in [0.717, 1.165) is 31.7 Å². The predicted molar refractivity (Wildman–Crippen MR) is 83.5 cm³/mol. The number of hydrogen-bond donors (Lipinski definition) is 1. The largest absolute Gasteiger partial charge is 0.493 e. The van der Waals surface area contributed by atoms with Gasteiger partial charge in [0.15, 0.2) is 11.5 Å². The maximum absolute atomic E-state index is 5.59. The topological polar surface area (TPSA) is 43.0 Å². The Morgan fingerprint density at radius 1 is 1.10 bits per heavy atom. The second-order valence-corrected chi connectivity index (χ2v) is 4.89. The van der Waals surface area contributed by atoms with Crippen molar-refractivity contribution in [2.45, 2.75) is 6.04 Å². The summed E-state index contributed by atoms with van der Waals surface area (Å²) < 4.78 is 16.4. The van der Waals surface area contributed by atoms with Crippen LogP contribution in [0.1, 0.15) is 11.6 Å². The first-order chi connectivity index (χ1) is 10.3. The molecule has 1 saturated heterocycles. The minimum absolute atomic E-state index is 0.0989. The molecule has 1 heterocycles. The molecule has 0 aromatic heterocycles. The molecule has 0 radical (unpaired) electrons. The molecule has 5 heteroatoms. The fourth-order valence-electron chi connectivity index (χ4n) is 2.79. The van der Waals surface area contributed by atoms with Crippen LogP contribution in [0, 0.1) is 0 Å². The molecule has 21 heavy (non-hydrogen) atoms. The van der Waals surface area contributed by atoms with Crippen LogP contribution in [0.25, 0.3) is 0 Å². The van der Waals surface area contributed by atoms with Crippen molar-refractivity contribution >= 4 is 0 Å². The van der Waals surface area contributed by atoms with E-state index < -0.39 is 0 Å². The van der Waals surface area contributed by atoms with Crippen molar-refractivity contribution in [3.8, 4) is 17.2 Å². The third kappa shape index (κ3) is 3.14.